The molecule has 0 spiro atoms. The molecule has 0 unspecified atom stereocenters. The smallest absolute Gasteiger partial charge is 0.264 e. The van der Waals surface area contributed by atoms with E-state index >= 15 is 0 Å². The van der Waals surface area contributed by atoms with Gasteiger partial charge in [-0.2, -0.15) is 0 Å². The molecule has 2 amide bonds. The molecular weight excluding hydrogens is 564 g/mol. The molecule has 0 radical (unpaired) electrons. The zero-order valence-corrected chi connectivity index (χ0v) is 23.9. The number of unbranched alkanes of at least 4 members (excludes halogenated alkanes) is 1. The molecule has 0 fully saturated rings. The van der Waals surface area contributed by atoms with E-state index in [1.54, 1.807) is 25.1 Å². The van der Waals surface area contributed by atoms with Crippen LogP contribution in [0.1, 0.15) is 32.3 Å². The largest absolute Gasteiger partial charge is 0.354 e. The maximum absolute atomic E-state index is 13.8. The Bertz CT molecular complexity index is 1370. The van der Waals surface area contributed by atoms with Crippen LogP contribution < -0.4 is 9.62 Å². The fourth-order valence-electron chi connectivity index (χ4n) is 3.84. The summed E-state index contributed by atoms with van der Waals surface area (Å²) in [5.74, 6) is -1.48. The van der Waals surface area contributed by atoms with Crippen molar-refractivity contribution in [2.45, 2.75) is 44.2 Å². The highest BCUT2D eigenvalue weighted by Gasteiger charge is 2.32. The average molecular weight is 595 g/mol. The molecule has 0 saturated carbocycles. The number of rotatable bonds is 12. The van der Waals surface area contributed by atoms with Crippen molar-refractivity contribution in [3.8, 4) is 0 Å². The van der Waals surface area contributed by atoms with Gasteiger partial charge in [-0.15, -0.1) is 0 Å². The monoisotopic (exact) mass is 593 g/mol. The Labute approximate surface area is 238 Å². The van der Waals surface area contributed by atoms with Crippen molar-refractivity contribution in [3.63, 3.8) is 0 Å². The van der Waals surface area contributed by atoms with Crippen LogP contribution in [0.3, 0.4) is 0 Å². The molecule has 39 heavy (non-hydrogen) atoms. The molecule has 0 bridgehead atoms. The zero-order valence-electron chi connectivity index (χ0n) is 21.6. The molecule has 7 nitrogen and oxygen atoms in total. The van der Waals surface area contributed by atoms with Crippen LogP contribution >= 0.6 is 23.2 Å². The number of sulfonamides is 1. The second-order valence-corrected chi connectivity index (χ2v) is 11.7. The maximum Gasteiger partial charge on any atom is 0.264 e. The van der Waals surface area contributed by atoms with Gasteiger partial charge in [-0.05, 0) is 61.4 Å². The fraction of sp³-hybridized carbons (Fsp3) is 0.286. The van der Waals surface area contributed by atoms with Gasteiger partial charge >= 0.3 is 0 Å². The number of anilines is 1. The minimum absolute atomic E-state index is 0.0376. The number of carbonyl (C=O) groups is 2. The number of benzene rings is 3. The Balaban J connectivity index is 2.01. The van der Waals surface area contributed by atoms with Crippen molar-refractivity contribution in [1.82, 2.24) is 10.2 Å². The van der Waals surface area contributed by atoms with Crippen LogP contribution in [0.25, 0.3) is 0 Å². The van der Waals surface area contributed by atoms with E-state index in [2.05, 4.69) is 5.32 Å². The molecule has 1 atom stereocenters. The van der Waals surface area contributed by atoms with Gasteiger partial charge in [-0.25, -0.2) is 12.8 Å². The van der Waals surface area contributed by atoms with E-state index in [0.717, 1.165) is 17.1 Å². The lowest BCUT2D eigenvalue weighted by atomic mass is 10.1. The van der Waals surface area contributed by atoms with Crippen LogP contribution in [0.2, 0.25) is 10.0 Å². The molecule has 3 aromatic carbocycles. The highest BCUT2D eigenvalue weighted by molar-refractivity contribution is 7.92. The summed E-state index contributed by atoms with van der Waals surface area (Å²) >= 11 is 12.4. The lowest BCUT2D eigenvalue weighted by Gasteiger charge is -2.32. The lowest BCUT2D eigenvalue weighted by Crippen LogP contribution is -2.51. The molecule has 1 N–H and O–H groups in total. The van der Waals surface area contributed by atoms with Crippen LogP contribution in [-0.4, -0.2) is 44.3 Å². The fourth-order valence-corrected chi connectivity index (χ4v) is 5.77. The summed E-state index contributed by atoms with van der Waals surface area (Å²) in [6.45, 7) is 3.31. The van der Waals surface area contributed by atoms with Crippen LogP contribution in [0, 0.1) is 5.82 Å². The van der Waals surface area contributed by atoms with Gasteiger partial charge in [-0.1, -0.05) is 66.9 Å². The lowest BCUT2D eigenvalue weighted by molar-refractivity contribution is -0.139. The van der Waals surface area contributed by atoms with Gasteiger partial charge in [0.2, 0.25) is 11.8 Å². The van der Waals surface area contributed by atoms with E-state index in [-0.39, 0.29) is 33.1 Å². The normalized spacial score (nSPS) is 12.0. The van der Waals surface area contributed by atoms with E-state index in [4.69, 9.17) is 23.2 Å². The summed E-state index contributed by atoms with van der Waals surface area (Å²) in [6.07, 6.45) is 1.64. The predicted octanol–water partition coefficient (Wildman–Crippen LogP) is 5.66. The van der Waals surface area contributed by atoms with E-state index in [1.807, 2.05) is 6.92 Å². The molecule has 0 heterocycles. The summed E-state index contributed by atoms with van der Waals surface area (Å²) in [7, 11) is -4.24. The molecule has 11 heteroatoms. The summed E-state index contributed by atoms with van der Waals surface area (Å²) in [4.78, 5) is 28.0. The molecule has 3 aromatic rings. The van der Waals surface area contributed by atoms with Crippen molar-refractivity contribution in [2.24, 2.45) is 0 Å². The third-order valence-corrected chi connectivity index (χ3v) is 8.23. The molecular formula is C28H30Cl2FN3O4S. The van der Waals surface area contributed by atoms with Crippen LogP contribution in [0.15, 0.2) is 77.7 Å². The topological polar surface area (TPSA) is 86.8 Å². The first-order valence-corrected chi connectivity index (χ1v) is 14.6. The van der Waals surface area contributed by atoms with Crippen molar-refractivity contribution in [2.75, 3.05) is 17.4 Å². The average Bonchev–Trinajstić information content (AvgIpc) is 2.90. The number of amides is 2. The van der Waals surface area contributed by atoms with Crippen LogP contribution in [0.5, 0.6) is 0 Å². The summed E-state index contributed by atoms with van der Waals surface area (Å²) in [6, 6.07) is 16.5. The molecule has 0 aliphatic rings. The van der Waals surface area contributed by atoms with Crippen molar-refractivity contribution >= 4 is 50.7 Å². The first kappa shape index (κ1) is 30.4. The number of nitrogens with one attached hydrogen (secondary N) is 1. The van der Waals surface area contributed by atoms with Gasteiger partial charge in [0.1, 0.15) is 18.4 Å². The zero-order chi connectivity index (χ0) is 28.6. The number of halogens is 3. The van der Waals surface area contributed by atoms with Crippen molar-refractivity contribution < 1.29 is 22.4 Å². The Morgan fingerprint density at radius 1 is 0.974 bits per heavy atom. The highest BCUT2D eigenvalue weighted by Crippen LogP contribution is 2.30. The molecule has 208 valence electrons. The SMILES string of the molecule is CCCCNC(=O)[C@H](C)N(Cc1ccc(F)cc1)C(=O)CN(c1cc(Cl)cc(Cl)c1)S(=O)(=O)c1ccccc1. The van der Waals surface area contributed by atoms with E-state index in [0.29, 0.717) is 12.1 Å². The minimum atomic E-state index is -4.24. The summed E-state index contributed by atoms with van der Waals surface area (Å²) in [5.41, 5.74) is 0.660. The number of carbonyl (C=O) groups excluding carboxylic acids is 2. The van der Waals surface area contributed by atoms with Gasteiger partial charge in [0, 0.05) is 23.1 Å². The van der Waals surface area contributed by atoms with Gasteiger partial charge in [-0.3, -0.25) is 13.9 Å². The van der Waals surface area contributed by atoms with Crippen LogP contribution in [0.4, 0.5) is 10.1 Å². The second kappa shape index (κ2) is 13.8. The Hall–Kier alpha value is -3.14. The molecule has 0 saturated heterocycles. The number of nitrogens with zero attached hydrogens (tertiary/aromatic N) is 2. The third-order valence-electron chi connectivity index (χ3n) is 6.01. The molecule has 3 rings (SSSR count). The minimum Gasteiger partial charge on any atom is -0.354 e. The highest BCUT2D eigenvalue weighted by atomic mass is 35.5. The standard InChI is InChI=1S/C28H30Cl2FN3O4S/c1-3-4-14-32-28(36)20(2)33(18-21-10-12-24(31)13-11-21)27(35)19-34(25-16-22(29)15-23(30)17-25)39(37,38)26-8-6-5-7-9-26/h5-13,15-17,20H,3-4,14,18-19H2,1-2H3,(H,32,36)/t20-/m0/s1. The van der Waals surface area contributed by atoms with E-state index < -0.39 is 34.3 Å². The summed E-state index contributed by atoms with van der Waals surface area (Å²) in [5, 5.41) is 3.18. The van der Waals surface area contributed by atoms with Gasteiger partial charge in [0.25, 0.3) is 10.0 Å². The van der Waals surface area contributed by atoms with E-state index in [1.165, 1.54) is 59.5 Å². The molecule has 0 aliphatic heterocycles. The maximum atomic E-state index is 13.8. The van der Waals surface area contributed by atoms with Gasteiger partial charge in [0.05, 0.1) is 10.6 Å². The van der Waals surface area contributed by atoms with Crippen LogP contribution in [-0.2, 0) is 26.2 Å². The van der Waals surface area contributed by atoms with Crippen molar-refractivity contribution in [1.29, 1.82) is 0 Å². The Morgan fingerprint density at radius 2 is 1.59 bits per heavy atom. The number of hydrogen-bond acceptors (Lipinski definition) is 4. The van der Waals surface area contributed by atoms with Gasteiger partial charge < -0.3 is 10.2 Å². The third kappa shape index (κ3) is 8.17. The Kier molecular flexibility index (Phi) is 10.7. The summed E-state index contributed by atoms with van der Waals surface area (Å²) < 4.78 is 41.9. The molecule has 0 aliphatic carbocycles. The molecule has 0 aromatic heterocycles. The van der Waals surface area contributed by atoms with E-state index in [9.17, 15) is 22.4 Å². The number of hydrogen-bond donors (Lipinski definition) is 1. The van der Waals surface area contributed by atoms with Crippen molar-refractivity contribution in [3.05, 3.63) is 94.2 Å². The Morgan fingerprint density at radius 3 is 2.18 bits per heavy atom. The predicted molar refractivity (Wildman–Crippen MR) is 152 cm³/mol. The quantitative estimate of drug-likeness (QED) is 0.274. The first-order chi connectivity index (χ1) is 18.5. The van der Waals surface area contributed by atoms with Gasteiger partial charge in [0.15, 0.2) is 0 Å². The first-order valence-electron chi connectivity index (χ1n) is 12.4. The second-order valence-electron chi connectivity index (χ2n) is 8.92.